The van der Waals surface area contributed by atoms with Crippen LogP contribution < -0.4 is 15.6 Å². The molecule has 1 aromatic carbocycles. The van der Waals surface area contributed by atoms with Gasteiger partial charge in [-0.3, -0.25) is 10.2 Å². The molecule has 0 radical (unpaired) electrons. The van der Waals surface area contributed by atoms with E-state index in [1.807, 2.05) is 0 Å². The van der Waals surface area contributed by atoms with E-state index in [-0.39, 0.29) is 5.91 Å². The number of amides is 1. The number of ether oxygens (including phenoxy) is 1. The van der Waals surface area contributed by atoms with Crippen LogP contribution in [-0.4, -0.2) is 12.5 Å². The van der Waals surface area contributed by atoms with E-state index in [4.69, 9.17) is 27.9 Å². The first-order chi connectivity index (χ1) is 10.6. The van der Waals surface area contributed by atoms with Crippen LogP contribution in [0.25, 0.3) is 0 Å². The van der Waals surface area contributed by atoms with Gasteiger partial charge in [0.25, 0.3) is 0 Å². The largest absolute Gasteiger partial charge is 0.492 e. The van der Waals surface area contributed by atoms with E-state index in [0.717, 1.165) is 18.5 Å². The molecule has 1 amide bonds. The molecule has 4 nitrogen and oxygen atoms in total. The van der Waals surface area contributed by atoms with Crippen molar-refractivity contribution >= 4 is 29.1 Å². The summed E-state index contributed by atoms with van der Waals surface area (Å²) in [5.41, 5.74) is 6.79. The minimum Gasteiger partial charge on any atom is -0.492 e. The third kappa shape index (κ3) is 5.78. The lowest BCUT2D eigenvalue weighted by atomic mass is 10.1. The van der Waals surface area contributed by atoms with E-state index >= 15 is 0 Å². The monoisotopic (exact) mass is 342 g/mol. The second-order valence-electron chi connectivity index (χ2n) is 5.18. The quantitative estimate of drug-likeness (QED) is 0.575. The lowest BCUT2D eigenvalue weighted by molar-refractivity contribution is -0.122. The summed E-state index contributed by atoms with van der Waals surface area (Å²) in [6, 6.07) is 5.08. The first kappa shape index (κ1) is 17.0. The number of hydrogen-bond donors (Lipinski definition) is 2. The molecule has 2 N–H and O–H groups in total. The van der Waals surface area contributed by atoms with Crippen LogP contribution in [0.3, 0.4) is 0 Å². The van der Waals surface area contributed by atoms with Crippen LogP contribution >= 0.6 is 23.2 Å². The van der Waals surface area contributed by atoms with Gasteiger partial charge in [0.05, 0.1) is 11.6 Å². The summed E-state index contributed by atoms with van der Waals surface area (Å²) in [6.07, 6.45) is 7.62. The van der Waals surface area contributed by atoms with E-state index in [1.165, 1.54) is 12.8 Å². The highest BCUT2D eigenvalue weighted by Crippen LogP contribution is 2.27. The van der Waals surface area contributed by atoms with Crippen LogP contribution in [0.5, 0.6) is 5.75 Å². The molecule has 6 heteroatoms. The number of hydrazine groups is 1. The first-order valence-corrected chi connectivity index (χ1v) is 8.22. The van der Waals surface area contributed by atoms with Gasteiger partial charge in [0, 0.05) is 17.1 Å². The van der Waals surface area contributed by atoms with Crippen molar-refractivity contribution in [2.75, 3.05) is 6.61 Å². The van der Waals surface area contributed by atoms with Crippen molar-refractivity contribution in [3.63, 3.8) is 0 Å². The lowest BCUT2D eigenvalue weighted by Crippen LogP contribution is -2.37. The van der Waals surface area contributed by atoms with E-state index in [2.05, 4.69) is 16.9 Å². The van der Waals surface area contributed by atoms with Crippen LogP contribution in [0.4, 0.5) is 0 Å². The maximum atomic E-state index is 11.7. The molecule has 0 saturated carbocycles. The highest BCUT2D eigenvalue weighted by Gasteiger charge is 2.06. The van der Waals surface area contributed by atoms with Gasteiger partial charge in [-0.15, -0.1) is 0 Å². The summed E-state index contributed by atoms with van der Waals surface area (Å²) >= 11 is 11.8. The number of carbonyl (C=O) groups excluding carboxylic acids is 1. The van der Waals surface area contributed by atoms with Crippen molar-refractivity contribution in [2.24, 2.45) is 0 Å². The summed E-state index contributed by atoms with van der Waals surface area (Å²) in [7, 11) is 0. The molecule has 0 heterocycles. The SMILES string of the molecule is O=C(CCCOc1ccc(Cl)cc1Cl)NNC1=CCCCC1. The van der Waals surface area contributed by atoms with Gasteiger partial charge in [-0.2, -0.15) is 0 Å². The molecule has 0 atom stereocenters. The Balaban J connectivity index is 1.61. The maximum absolute atomic E-state index is 11.7. The molecule has 1 aliphatic carbocycles. The highest BCUT2D eigenvalue weighted by atomic mass is 35.5. The number of hydrogen-bond acceptors (Lipinski definition) is 3. The van der Waals surface area contributed by atoms with E-state index in [1.54, 1.807) is 18.2 Å². The van der Waals surface area contributed by atoms with Crippen molar-refractivity contribution in [3.05, 3.63) is 40.0 Å². The Kier molecular flexibility index (Phi) is 6.87. The van der Waals surface area contributed by atoms with Crippen LogP contribution in [0.15, 0.2) is 30.0 Å². The van der Waals surface area contributed by atoms with Gasteiger partial charge in [-0.1, -0.05) is 29.3 Å². The Morgan fingerprint density at radius 2 is 2.14 bits per heavy atom. The Bertz CT molecular complexity index is 547. The first-order valence-electron chi connectivity index (χ1n) is 7.47. The molecule has 0 aromatic heterocycles. The van der Waals surface area contributed by atoms with E-state index in [9.17, 15) is 4.79 Å². The molecule has 0 saturated heterocycles. The fourth-order valence-electron chi connectivity index (χ4n) is 2.17. The predicted molar refractivity (Wildman–Crippen MR) is 89.0 cm³/mol. The summed E-state index contributed by atoms with van der Waals surface area (Å²) in [6.45, 7) is 0.428. The average molecular weight is 343 g/mol. The molecule has 0 bridgehead atoms. The zero-order valence-corrected chi connectivity index (χ0v) is 13.8. The fraction of sp³-hybridized carbons (Fsp3) is 0.438. The number of benzene rings is 1. The molecular formula is C16H20Cl2N2O2. The van der Waals surface area contributed by atoms with Gasteiger partial charge in [-0.05, 0) is 50.3 Å². The van der Waals surface area contributed by atoms with Gasteiger partial charge in [0.1, 0.15) is 5.75 Å². The van der Waals surface area contributed by atoms with Crippen LogP contribution in [-0.2, 0) is 4.79 Å². The second-order valence-corrected chi connectivity index (χ2v) is 6.02. The smallest absolute Gasteiger partial charge is 0.238 e. The zero-order valence-electron chi connectivity index (χ0n) is 12.3. The average Bonchev–Trinajstić information content (AvgIpc) is 2.52. The van der Waals surface area contributed by atoms with Crippen molar-refractivity contribution in [2.45, 2.75) is 38.5 Å². The number of carbonyl (C=O) groups is 1. The van der Waals surface area contributed by atoms with Gasteiger partial charge in [0.15, 0.2) is 0 Å². The van der Waals surface area contributed by atoms with Gasteiger partial charge in [-0.25, -0.2) is 0 Å². The summed E-state index contributed by atoms with van der Waals surface area (Å²) < 4.78 is 5.53. The van der Waals surface area contributed by atoms with Crippen molar-refractivity contribution in [1.29, 1.82) is 0 Å². The summed E-state index contributed by atoms with van der Waals surface area (Å²) in [5.74, 6) is 0.536. The van der Waals surface area contributed by atoms with E-state index in [0.29, 0.717) is 35.2 Å². The predicted octanol–water partition coefficient (Wildman–Crippen LogP) is 4.23. The van der Waals surface area contributed by atoms with Crippen molar-refractivity contribution in [3.8, 4) is 5.75 Å². The van der Waals surface area contributed by atoms with Crippen LogP contribution in [0.1, 0.15) is 38.5 Å². The molecule has 2 rings (SSSR count). The summed E-state index contributed by atoms with van der Waals surface area (Å²) in [5, 5.41) is 1.04. The molecule has 22 heavy (non-hydrogen) atoms. The Morgan fingerprint density at radius 1 is 1.27 bits per heavy atom. The Morgan fingerprint density at radius 3 is 2.86 bits per heavy atom. The molecule has 1 aromatic rings. The number of nitrogens with one attached hydrogen (secondary N) is 2. The number of rotatable bonds is 7. The Hall–Kier alpha value is -1.39. The zero-order chi connectivity index (χ0) is 15.8. The van der Waals surface area contributed by atoms with Crippen LogP contribution in [0, 0.1) is 0 Å². The number of allylic oxidation sites excluding steroid dienone is 2. The minimum atomic E-state index is -0.0442. The molecular weight excluding hydrogens is 323 g/mol. The minimum absolute atomic E-state index is 0.0442. The van der Waals surface area contributed by atoms with Crippen molar-refractivity contribution in [1.82, 2.24) is 10.9 Å². The molecule has 0 fully saturated rings. The van der Waals surface area contributed by atoms with Crippen LogP contribution in [0.2, 0.25) is 10.0 Å². The summed E-state index contributed by atoms with van der Waals surface area (Å²) in [4.78, 5) is 11.7. The fourth-order valence-corrected chi connectivity index (χ4v) is 2.63. The maximum Gasteiger partial charge on any atom is 0.238 e. The third-order valence-electron chi connectivity index (χ3n) is 3.35. The van der Waals surface area contributed by atoms with Gasteiger partial charge < -0.3 is 10.2 Å². The normalized spacial score (nSPS) is 14.2. The number of halogens is 2. The van der Waals surface area contributed by atoms with Crippen molar-refractivity contribution < 1.29 is 9.53 Å². The topological polar surface area (TPSA) is 50.4 Å². The lowest BCUT2D eigenvalue weighted by Gasteiger charge is -2.15. The molecule has 0 aliphatic heterocycles. The van der Waals surface area contributed by atoms with Gasteiger partial charge in [0.2, 0.25) is 5.91 Å². The molecule has 1 aliphatic rings. The standard InChI is InChI=1S/C16H20Cl2N2O2/c17-12-8-9-15(14(18)11-12)22-10-4-7-16(21)20-19-13-5-2-1-3-6-13/h5,8-9,11,19H,1-4,6-7,10H2,(H,20,21). The second kappa shape index (κ2) is 8.91. The molecule has 0 unspecified atom stereocenters. The molecule has 0 spiro atoms. The van der Waals surface area contributed by atoms with E-state index < -0.39 is 0 Å². The van der Waals surface area contributed by atoms with Gasteiger partial charge >= 0.3 is 0 Å². The third-order valence-corrected chi connectivity index (χ3v) is 3.88. The Labute approximate surface area is 140 Å². The highest BCUT2D eigenvalue weighted by molar-refractivity contribution is 6.35. The molecule has 120 valence electrons.